The van der Waals surface area contributed by atoms with Crippen LogP contribution in [-0.4, -0.2) is 17.5 Å². The van der Waals surface area contributed by atoms with Crippen LogP contribution in [0.15, 0.2) is 23.1 Å². The third kappa shape index (κ3) is 2.90. The van der Waals surface area contributed by atoms with Gasteiger partial charge in [-0.05, 0) is 43.9 Å². The van der Waals surface area contributed by atoms with Crippen molar-refractivity contribution in [2.24, 2.45) is 0 Å². The van der Waals surface area contributed by atoms with Crippen molar-refractivity contribution in [2.45, 2.75) is 55.1 Å². The highest BCUT2D eigenvalue weighted by Gasteiger charge is 2.41. The van der Waals surface area contributed by atoms with Crippen LogP contribution in [0.1, 0.15) is 38.5 Å². The molecule has 3 rings (SSSR count). The Morgan fingerprint density at radius 3 is 2.84 bits per heavy atom. The van der Waals surface area contributed by atoms with Crippen LogP contribution < -0.4 is 5.73 Å². The zero-order chi connectivity index (χ0) is 13.3. The summed E-state index contributed by atoms with van der Waals surface area (Å²) in [6.07, 6.45) is 7.76. The molecule has 1 unspecified atom stereocenters. The van der Waals surface area contributed by atoms with Gasteiger partial charge in [0.2, 0.25) is 0 Å². The minimum absolute atomic E-state index is 0.194. The molecule has 2 nitrogen and oxygen atoms in total. The number of thioether (sulfide) groups is 1. The lowest BCUT2D eigenvalue weighted by Crippen LogP contribution is -2.25. The number of nitrogen functional groups attached to an aromatic ring is 1. The molecule has 1 aromatic rings. The lowest BCUT2D eigenvalue weighted by Gasteiger charge is -2.23. The van der Waals surface area contributed by atoms with Crippen LogP contribution in [0.5, 0.6) is 0 Å². The van der Waals surface area contributed by atoms with Crippen molar-refractivity contribution >= 4 is 17.4 Å². The zero-order valence-electron chi connectivity index (χ0n) is 11.0. The number of benzene rings is 1. The third-order valence-electron chi connectivity index (χ3n) is 4.25. The monoisotopic (exact) mass is 281 g/mol. The molecule has 2 aliphatic rings. The zero-order valence-corrected chi connectivity index (χ0v) is 11.8. The van der Waals surface area contributed by atoms with Crippen LogP contribution in [0.4, 0.5) is 10.1 Å². The average molecular weight is 281 g/mol. The molecule has 0 amide bonds. The van der Waals surface area contributed by atoms with Crippen molar-refractivity contribution < 1.29 is 9.13 Å². The van der Waals surface area contributed by atoms with Crippen molar-refractivity contribution in [2.75, 3.05) is 11.5 Å². The minimum Gasteiger partial charge on any atom is -0.398 e. The maximum atomic E-state index is 13.0. The first kappa shape index (κ1) is 13.3. The second-order valence-corrected chi connectivity index (χ2v) is 6.72. The largest absolute Gasteiger partial charge is 0.398 e. The van der Waals surface area contributed by atoms with Gasteiger partial charge in [-0.2, -0.15) is 0 Å². The smallest absolute Gasteiger partial charge is 0.125 e. The Hall–Kier alpha value is -0.740. The highest BCUT2D eigenvalue weighted by Crippen LogP contribution is 2.44. The molecule has 0 bridgehead atoms. The molecule has 2 N–H and O–H groups in total. The van der Waals surface area contributed by atoms with Crippen LogP contribution in [0.25, 0.3) is 0 Å². The molecule has 19 heavy (non-hydrogen) atoms. The van der Waals surface area contributed by atoms with E-state index < -0.39 is 0 Å². The summed E-state index contributed by atoms with van der Waals surface area (Å²) in [5.74, 6) is 0.640. The highest BCUT2D eigenvalue weighted by molar-refractivity contribution is 7.99. The number of halogens is 1. The van der Waals surface area contributed by atoms with Crippen LogP contribution in [0.3, 0.4) is 0 Å². The van der Waals surface area contributed by atoms with Gasteiger partial charge in [0.25, 0.3) is 0 Å². The van der Waals surface area contributed by atoms with E-state index in [0.29, 0.717) is 11.8 Å². The summed E-state index contributed by atoms with van der Waals surface area (Å²) in [5.41, 5.74) is 6.54. The molecule has 1 spiro atoms. The van der Waals surface area contributed by atoms with E-state index in [0.717, 1.165) is 17.1 Å². The summed E-state index contributed by atoms with van der Waals surface area (Å²) in [6.45, 7) is 0. The van der Waals surface area contributed by atoms with Gasteiger partial charge in [0.1, 0.15) is 5.82 Å². The first-order valence-electron chi connectivity index (χ1n) is 7.03. The molecule has 1 aliphatic heterocycles. The summed E-state index contributed by atoms with van der Waals surface area (Å²) in [5, 5.41) is 0. The second kappa shape index (κ2) is 5.33. The fourth-order valence-electron chi connectivity index (χ4n) is 3.23. The molecular formula is C15H20FNOS. The maximum Gasteiger partial charge on any atom is 0.125 e. The molecule has 104 valence electrons. The van der Waals surface area contributed by atoms with Gasteiger partial charge in [-0.1, -0.05) is 12.8 Å². The first-order chi connectivity index (χ1) is 9.17. The van der Waals surface area contributed by atoms with Gasteiger partial charge < -0.3 is 10.5 Å². The topological polar surface area (TPSA) is 35.2 Å². The van der Waals surface area contributed by atoms with E-state index in [2.05, 4.69) is 0 Å². The van der Waals surface area contributed by atoms with E-state index in [4.69, 9.17) is 10.5 Å². The van der Waals surface area contributed by atoms with Crippen LogP contribution in [0.2, 0.25) is 0 Å². The molecule has 1 saturated carbocycles. The number of nitrogens with two attached hydrogens (primary N) is 1. The van der Waals surface area contributed by atoms with Gasteiger partial charge in [0.05, 0.1) is 11.7 Å². The van der Waals surface area contributed by atoms with Crippen LogP contribution >= 0.6 is 11.8 Å². The fourth-order valence-corrected chi connectivity index (χ4v) is 4.22. The Bertz CT molecular complexity index is 459. The second-order valence-electron chi connectivity index (χ2n) is 5.66. The first-order valence-corrected chi connectivity index (χ1v) is 8.01. The van der Waals surface area contributed by atoms with Gasteiger partial charge in [0, 0.05) is 16.3 Å². The molecule has 0 aromatic heterocycles. The van der Waals surface area contributed by atoms with Gasteiger partial charge >= 0.3 is 0 Å². The van der Waals surface area contributed by atoms with Gasteiger partial charge in [0.15, 0.2) is 0 Å². The van der Waals surface area contributed by atoms with E-state index in [9.17, 15) is 4.39 Å². The Labute approximate surface area is 117 Å². The summed E-state index contributed by atoms with van der Waals surface area (Å²) in [4.78, 5) is 0.956. The Kier molecular flexibility index (Phi) is 3.72. The van der Waals surface area contributed by atoms with Gasteiger partial charge in [-0.15, -0.1) is 11.8 Å². The number of hydrogen-bond acceptors (Lipinski definition) is 3. The molecule has 1 aromatic carbocycles. The molecule has 2 fully saturated rings. The van der Waals surface area contributed by atoms with Crippen molar-refractivity contribution in [1.82, 2.24) is 0 Å². The number of hydrogen-bond donors (Lipinski definition) is 1. The van der Waals surface area contributed by atoms with E-state index in [1.54, 1.807) is 17.8 Å². The van der Waals surface area contributed by atoms with E-state index in [1.807, 2.05) is 0 Å². The summed E-state index contributed by atoms with van der Waals surface area (Å²) in [6, 6.07) is 4.61. The summed E-state index contributed by atoms with van der Waals surface area (Å²) in [7, 11) is 0. The van der Waals surface area contributed by atoms with E-state index in [-0.39, 0.29) is 11.4 Å². The van der Waals surface area contributed by atoms with Gasteiger partial charge in [-0.25, -0.2) is 4.39 Å². The van der Waals surface area contributed by atoms with Crippen LogP contribution in [-0.2, 0) is 4.74 Å². The Morgan fingerprint density at radius 1 is 1.32 bits per heavy atom. The molecule has 1 saturated heterocycles. The van der Waals surface area contributed by atoms with Crippen LogP contribution in [0, 0.1) is 5.82 Å². The maximum absolute atomic E-state index is 13.0. The van der Waals surface area contributed by atoms with E-state index in [1.165, 1.54) is 44.2 Å². The number of rotatable bonds is 3. The highest BCUT2D eigenvalue weighted by atomic mass is 32.2. The lowest BCUT2D eigenvalue weighted by molar-refractivity contribution is -0.0267. The molecule has 4 heteroatoms. The molecular weight excluding hydrogens is 261 g/mol. The lowest BCUT2D eigenvalue weighted by atomic mass is 9.98. The fraction of sp³-hybridized carbons (Fsp3) is 0.600. The quantitative estimate of drug-likeness (QED) is 0.672. The average Bonchev–Trinajstić information content (AvgIpc) is 2.99. The van der Waals surface area contributed by atoms with Crippen molar-refractivity contribution in [3.63, 3.8) is 0 Å². The molecule has 1 atom stereocenters. The molecule has 1 aliphatic carbocycles. The minimum atomic E-state index is -0.274. The summed E-state index contributed by atoms with van der Waals surface area (Å²) >= 11 is 1.68. The molecule has 0 radical (unpaired) electrons. The van der Waals surface area contributed by atoms with E-state index >= 15 is 0 Å². The number of ether oxygens (including phenoxy) is 1. The van der Waals surface area contributed by atoms with Gasteiger partial charge in [-0.3, -0.25) is 0 Å². The standard InChI is InChI=1S/C15H20FNOS/c16-11-3-4-14(13(17)9-11)19-10-12-5-8-15(18-12)6-1-2-7-15/h3-4,9,12H,1-2,5-8,10,17H2. The van der Waals surface area contributed by atoms with Crippen molar-refractivity contribution in [1.29, 1.82) is 0 Å². The SMILES string of the molecule is Nc1cc(F)ccc1SCC1CCC2(CCCC2)O1. The van der Waals surface area contributed by atoms with Crippen molar-refractivity contribution in [3.8, 4) is 0 Å². The molecule has 1 heterocycles. The third-order valence-corrected chi connectivity index (χ3v) is 5.47. The Morgan fingerprint density at radius 2 is 2.11 bits per heavy atom. The summed E-state index contributed by atoms with van der Waals surface area (Å²) < 4.78 is 19.2. The predicted molar refractivity (Wildman–Crippen MR) is 76.8 cm³/mol. The Balaban J connectivity index is 1.55. The van der Waals surface area contributed by atoms with Crippen molar-refractivity contribution in [3.05, 3.63) is 24.0 Å². The number of anilines is 1. The normalized spacial score (nSPS) is 25.2. The predicted octanol–water partition coefficient (Wildman–Crippen LogP) is 3.99.